The molecule has 3 rings (SSSR count). The number of amides is 1. The third kappa shape index (κ3) is 6.28. The molecule has 0 fully saturated rings. The fraction of sp³-hybridized carbons (Fsp3) is 0.0909. The number of halogens is 4. The molecule has 0 saturated carbocycles. The van der Waals surface area contributed by atoms with Gasteiger partial charge in [-0.1, -0.05) is 45.2 Å². The minimum Gasteiger partial charge on any atom is -0.507 e. The van der Waals surface area contributed by atoms with Crippen molar-refractivity contribution < 1.29 is 19.4 Å². The summed E-state index contributed by atoms with van der Waals surface area (Å²) in [7, 11) is 1.53. The molecule has 0 saturated heterocycles. The number of methoxy groups -OCH3 is 1. The van der Waals surface area contributed by atoms with Crippen LogP contribution in [-0.4, -0.2) is 24.3 Å². The van der Waals surface area contributed by atoms with Gasteiger partial charge in [-0.2, -0.15) is 5.10 Å². The van der Waals surface area contributed by atoms with Gasteiger partial charge >= 0.3 is 0 Å². The zero-order chi connectivity index (χ0) is 23.3. The van der Waals surface area contributed by atoms with Crippen LogP contribution in [0.3, 0.4) is 0 Å². The van der Waals surface area contributed by atoms with Gasteiger partial charge in [0, 0.05) is 20.1 Å². The first-order valence-electron chi connectivity index (χ1n) is 9.04. The maximum atomic E-state index is 12.2. The molecule has 0 aliphatic carbocycles. The molecule has 0 atom stereocenters. The Bertz CT molecular complexity index is 1190. The zero-order valence-corrected chi connectivity index (χ0v) is 21.8. The van der Waals surface area contributed by atoms with E-state index in [0.29, 0.717) is 31.6 Å². The molecule has 0 unspecified atom stereocenters. The second-order valence-electron chi connectivity index (χ2n) is 6.42. The van der Waals surface area contributed by atoms with Gasteiger partial charge in [0.15, 0.2) is 11.5 Å². The van der Waals surface area contributed by atoms with Crippen molar-refractivity contribution >= 4 is 73.8 Å². The van der Waals surface area contributed by atoms with Crippen LogP contribution >= 0.6 is 61.7 Å². The quantitative estimate of drug-likeness (QED) is 0.176. The van der Waals surface area contributed by atoms with E-state index in [0.717, 1.165) is 9.13 Å². The van der Waals surface area contributed by atoms with Gasteiger partial charge < -0.3 is 14.6 Å². The summed E-state index contributed by atoms with van der Waals surface area (Å²) in [5.74, 6) is 0.375. The van der Waals surface area contributed by atoms with E-state index in [9.17, 15) is 9.90 Å². The lowest BCUT2D eigenvalue weighted by atomic mass is 10.2. The summed E-state index contributed by atoms with van der Waals surface area (Å²) >= 11 is 17.5. The average molecular weight is 650 g/mol. The summed E-state index contributed by atoms with van der Waals surface area (Å²) in [4.78, 5) is 12.2. The van der Waals surface area contributed by atoms with Crippen LogP contribution in [0.25, 0.3) is 0 Å². The molecule has 0 heterocycles. The van der Waals surface area contributed by atoms with Crippen LogP contribution in [0.15, 0.2) is 58.1 Å². The monoisotopic (exact) mass is 648 g/mol. The number of benzene rings is 3. The van der Waals surface area contributed by atoms with E-state index in [1.165, 1.54) is 25.5 Å². The fourth-order valence-electron chi connectivity index (χ4n) is 2.66. The van der Waals surface area contributed by atoms with E-state index in [2.05, 4.69) is 49.0 Å². The van der Waals surface area contributed by atoms with Gasteiger partial charge in [-0.3, -0.25) is 4.79 Å². The molecule has 166 valence electrons. The van der Waals surface area contributed by atoms with Gasteiger partial charge in [0.25, 0.3) is 5.91 Å². The average Bonchev–Trinajstić information content (AvgIpc) is 2.75. The minimum atomic E-state index is -0.540. The van der Waals surface area contributed by atoms with E-state index in [1.54, 1.807) is 30.3 Å². The highest BCUT2D eigenvalue weighted by Crippen LogP contribution is 2.35. The minimum absolute atomic E-state index is 0.105. The first kappa shape index (κ1) is 24.6. The molecule has 3 aromatic rings. The summed E-state index contributed by atoms with van der Waals surface area (Å²) in [6.07, 6.45) is 1.47. The molecule has 0 aliphatic heterocycles. The first-order valence-corrected chi connectivity index (χ1v) is 11.7. The number of carbonyl (C=O) groups excluding carboxylic acids is 1. The number of nitrogens with zero attached hydrogens (tertiary/aromatic N) is 1. The van der Waals surface area contributed by atoms with Crippen LogP contribution < -0.4 is 14.9 Å². The summed E-state index contributed by atoms with van der Waals surface area (Å²) in [5, 5.41) is 14.9. The highest BCUT2D eigenvalue weighted by atomic mass is 127. The Kier molecular flexibility index (Phi) is 8.64. The standard InChI is InChI=1S/C22H16BrCl2IN2O4/c1-31-20-7-12(10-27-28-22(30)16-8-14(23)3-5-19(16)29)6-18(26)21(20)32-11-13-2-4-15(24)9-17(13)25/h2-10,29H,11H2,1H3,(H,28,30)/b27-10-. The van der Waals surface area contributed by atoms with Gasteiger partial charge in [0.1, 0.15) is 12.4 Å². The molecule has 0 spiro atoms. The second kappa shape index (κ2) is 11.2. The Morgan fingerprint density at radius 3 is 2.72 bits per heavy atom. The summed E-state index contributed by atoms with van der Waals surface area (Å²) in [6.45, 7) is 0.238. The number of aromatic hydroxyl groups is 1. The van der Waals surface area contributed by atoms with Crippen LogP contribution in [0.4, 0.5) is 0 Å². The molecule has 6 nitrogen and oxygen atoms in total. The van der Waals surface area contributed by atoms with E-state index in [-0.39, 0.29) is 17.9 Å². The number of hydrogen-bond donors (Lipinski definition) is 2. The van der Waals surface area contributed by atoms with Crippen LogP contribution in [-0.2, 0) is 6.61 Å². The molecular formula is C22H16BrCl2IN2O4. The molecule has 32 heavy (non-hydrogen) atoms. The molecule has 3 aromatic carbocycles. The maximum Gasteiger partial charge on any atom is 0.275 e. The van der Waals surface area contributed by atoms with Crippen molar-refractivity contribution in [2.75, 3.05) is 7.11 Å². The maximum absolute atomic E-state index is 12.2. The summed E-state index contributed by atoms with van der Waals surface area (Å²) < 4.78 is 12.8. The van der Waals surface area contributed by atoms with Crippen molar-refractivity contribution in [3.63, 3.8) is 0 Å². The zero-order valence-electron chi connectivity index (χ0n) is 16.5. The Hall–Kier alpha value is -2.01. The number of hydrazone groups is 1. The highest BCUT2D eigenvalue weighted by Gasteiger charge is 2.13. The normalized spacial score (nSPS) is 10.9. The molecule has 1 amide bonds. The predicted molar refractivity (Wildman–Crippen MR) is 137 cm³/mol. The Morgan fingerprint density at radius 1 is 1.22 bits per heavy atom. The van der Waals surface area contributed by atoms with Gasteiger partial charge in [-0.15, -0.1) is 0 Å². The Morgan fingerprint density at radius 2 is 2.00 bits per heavy atom. The summed E-state index contributed by atoms with van der Waals surface area (Å²) in [6, 6.07) is 13.3. The number of rotatable bonds is 7. The molecule has 0 aromatic heterocycles. The van der Waals surface area contributed by atoms with Crippen molar-refractivity contribution in [1.82, 2.24) is 5.43 Å². The highest BCUT2D eigenvalue weighted by molar-refractivity contribution is 14.1. The van der Waals surface area contributed by atoms with E-state index in [1.807, 2.05) is 6.07 Å². The second-order valence-corrected chi connectivity index (χ2v) is 9.34. The van der Waals surface area contributed by atoms with Crippen molar-refractivity contribution in [2.24, 2.45) is 5.10 Å². The van der Waals surface area contributed by atoms with Gasteiger partial charge in [-0.25, -0.2) is 5.43 Å². The number of hydrogen-bond acceptors (Lipinski definition) is 5. The third-order valence-corrected chi connectivity index (χ3v) is 6.10. The van der Waals surface area contributed by atoms with Crippen LogP contribution in [0, 0.1) is 3.57 Å². The molecular weight excluding hydrogens is 634 g/mol. The molecule has 0 radical (unpaired) electrons. The van der Waals surface area contributed by atoms with Gasteiger partial charge in [0.2, 0.25) is 0 Å². The van der Waals surface area contributed by atoms with Crippen LogP contribution in [0.5, 0.6) is 17.2 Å². The Labute approximate surface area is 216 Å². The van der Waals surface area contributed by atoms with Crippen molar-refractivity contribution in [3.05, 3.63) is 83.3 Å². The number of carbonyl (C=O) groups is 1. The van der Waals surface area contributed by atoms with E-state index < -0.39 is 5.91 Å². The lowest BCUT2D eigenvalue weighted by Gasteiger charge is -2.14. The molecule has 10 heteroatoms. The number of phenolic OH excluding ortho intramolecular Hbond substituents is 1. The fourth-order valence-corrected chi connectivity index (χ4v) is 4.26. The van der Waals surface area contributed by atoms with Crippen molar-refractivity contribution in [1.29, 1.82) is 0 Å². The van der Waals surface area contributed by atoms with E-state index >= 15 is 0 Å². The topological polar surface area (TPSA) is 80.2 Å². The largest absolute Gasteiger partial charge is 0.507 e. The van der Waals surface area contributed by atoms with Crippen LogP contribution in [0.1, 0.15) is 21.5 Å². The number of ether oxygens (including phenoxy) is 2. The Balaban J connectivity index is 1.72. The van der Waals surface area contributed by atoms with Crippen LogP contribution in [0.2, 0.25) is 10.0 Å². The molecule has 2 N–H and O–H groups in total. The van der Waals surface area contributed by atoms with Gasteiger partial charge in [0.05, 0.1) is 22.5 Å². The predicted octanol–water partition coefficient (Wildman–Crippen LogP) is 6.42. The van der Waals surface area contributed by atoms with E-state index in [4.69, 9.17) is 32.7 Å². The first-order chi connectivity index (χ1) is 15.3. The van der Waals surface area contributed by atoms with Crippen molar-refractivity contribution in [2.45, 2.75) is 6.61 Å². The van der Waals surface area contributed by atoms with Gasteiger partial charge in [-0.05, 0) is 70.6 Å². The molecule has 0 aliphatic rings. The molecule has 0 bridgehead atoms. The third-order valence-electron chi connectivity index (χ3n) is 4.22. The number of phenols is 1. The van der Waals surface area contributed by atoms with Crippen molar-refractivity contribution in [3.8, 4) is 17.2 Å². The summed E-state index contributed by atoms with van der Waals surface area (Å²) in [5.41, 5.74) is 3.97. The SMILES string of the molecule is COc1cc(/C=N\NC(=O)c2cc(Br)ccc2O)cc(I)c1OCc1ccc(Cl)cc1Cl. The lowest BCUT2D eigenvalue weighted by molar-refractivity contribution is 0.0952. The lowest BCUT2D eigenvalue weighted by Crippen LogP contribution is -2.17. The number of nitrogens with one attached hydrogen (secondary N) is 1. The smallest absolute Gasteiger partial charge is 0.275 e.